The van der Waals surface area contributed by atoms with Crippen molar-refractivity contribution < 1.29 is 4.79 Å². The fourth-order valence-corrected chi connectivity index (χ4v) is 2.33. The Kier molecular flexibility index (Phi) is 3.61. The van der Waals surface area contributed by atoms with Crippen LogP contribution < -0.4 is 5.73 Å². The molecule has 2 N–H and O–H groups in total. The van der Waals surface area contributed by atoms with Crippen LogP contribution in [0.5, 0.6) is 0 Å². The molecule has 1 aliphatic carbocycles. The van der Waals surface area contributed by atoms with Gasteiger partial charge in [0.15, 0.2) is 0 Å². The van der Waals surface area contributed by atoms with Gasteiger partial charge in [-0.3, -0.25) is 4.79 Å². The average Bonchev–Trinajstić information content (AvgIpc) is 2.90. The van der Waals surface area contributed by atoms with E-state index in [2.05, 4.69) is 10.1 Å². The molecule has 1 fully saturated rings. The number of hydrogen-bond acceptors (Lipinski definition) is 4. The number of amides is 1. The van der Waals surface area contributed by atoms with E-state index in [1.807, 2.05) is 7.05 Å². The molecule has 1 heterocycles. The van der Waals surface area contributed by atoms with E-state index in [1.165, 1.54) is 36.7 Å². The smallest absolute Gasteiger partial charge is 0.244 e. The molecule has 0 saturated heterocycles. The van der Waals surface area contributed by atoms with Crippen LogP contribution in [0, 0.1) is 5.92 Å². The zero-order valence-corrected chi connectivity index (χ0v) is 10.2. The molecular weight excluding hydrogens is 218 g/mol. The van der Waals surface area contributed by atoms with Crippen molar-refractivity contribution in [3.05, 3.63) is 6.33 Å². The summed E-state index contributed by atoms with van der Waals surface area (Å²) in [6.07, 6.45) is 6.57. The van der Waals surface area contributed by atoms with Gasteiger partial charge in [-0.25, -0.2) is 9.67 Å². The van der Waals surface area contributed by atoms with Crippen LogP contribution >= 0.6 is 0 Å². The maximum Gasteiger partial charge on any atom is 0.244 e. The molecule has 2 rings (SSSR count). The summed E-state index contributed by atoms with van der Waals surface area (Å²) in [6, 6.07) is 0. The first-order valence-corrected chi connectivity index (χ1v) is 6.04. The first-order valence-electron chi connectivity index (χ1n) is 6.04. The molecule has 0 bridgehead atoms. The van der Waals surface area contributed by atoms with Crippen molar-refractivity contribution in [3.63, 3.8) is 0 Å². The molecule has 1 aromatic heterocycles. The van der Waals surface area contributed by atoms with Crippen LogP contribution in [-0.4, -0.2) is 39.2 Å². The first-order chi connectivity index (χ1) is 8.15. The van der Waals surface area contributed by atoms with Gasteiger partial charge in [0, 0.05) is 13.6 Å². The highest BCUT2D eigenvalue weighted by atomic mass is 16.2. The molecule has 94 valence electrons. The van der Waals surface area contributed by atoms with Crippen LogP contribution in [-0.2, 0) is 11.3 Å². The fraction of sp³-hybridized carbons (Fsp3) is 0.727. The Labute approximate surface area is 101 Å². The Morgan fingerprint density at radius 1 is 1.59 bits per heavy atom. The van der Waals surface area contributed by atoms with Gasteiger partial charge in [-0.1, -0.05) is 12.8 Å². The normalized spacial score (nSPS) is 16.3. The third-order valence-electron chi connectivity index (χ3n) is 3.28. The summed E-state index contributed by atoms with van der Waals surface area (Å²) in [7, 11) is 1.85. The van der Waals surface area contributed by atoms with Gasteiger partial charge < -0.3 is 10.6 Å². The molecule has 0 radical (unpaired) electrons. The van der Waals surface area contributed by atoms with Crippen molar-refractivity contribution in [3.8, 4) is 0 Å². The molecule has 0 atom stereocenters. The minimum absolute atomic E-state index is 0.0572. The second kappa shape index (κ2) is 5.16. The van der Waals surface area contributed by atoms with E-state index in [0.717, 1.165) is 6.54 Å². The van der Waals surface area contributed by atoms with Gasteiger partial charge in [-0.15, -0.1) is 5.10 Å². The Balaban J connectivity index is 1.82. The van der Waals surface area contributed by atoms with E-state index in [4.69, 9.17) is 5.73 Å². The fourth-order valence-electron chi connectivity index (χ4n) is 2.33. The summed E-state index contributed by atoms with van der Waals surface area (Å²) in [6.45, 7) is 1.07. The average molecular weight is 237 g/mol. The lowest BCUT2D eigenvalue weighted by Gasteiger charge is -2.20. The van der Waals surface area contributed by atoms with Gasteiger partial charge in [0.1, 0.15) is 12.9 Å². The number of nitrogens with two attached hydrogens (primary N) is 1. The lowest BCUT2D eigenvalue weighted by atomic mass is 10.1. The predicted octanol–water partition coefficient (Wildman–Crippen LogP) is 0.509. The standard InChI is InChI=1S/C11H19N5O/c1-15(6-9-4-2-3-5-9)10(17)7-16-8-13-11(12)14-16/h8-9H,2-7H2,1H3,(H2,12,14). The van der Waals surface area contributed by atoms with Crippen LogP contribution in [0.2, 0.25) is 0 Å². The number of nitrogens with zero attached hydrogens (tertiary/aromatic N) is 4. The highest BCUT2D eigenvalue weighted by molar-refractivity contribution is 5.75. The van der Waals surface area contributed by atoms with Crippen LogP contribution in [0.15, 0.2) is 6.33 Å². The van der Waals surface area contributed by atoms with E-state index in [1.54, 1.807) is 4.90 Å². The maximum absolute atomic E-state index is 11.9. The molecule has 0 aliphatic heterocycles. The third-order valence-corrected chi connectivity index (χ3v) is 3.28. The summed E-state index contributed by atoms with van der Waals surface area (Å²) in [4.78, 5) is 17.5. The minimum Gasteiger partial charge on any atom is -0.367 e. The van der Waals surface area contributed by atoms with Crippen molar-refractivity contribution >= 4 is 11.9 Å². The number of hydrogen-bond donors (Lipinski definition) is 1. The minimum atomic E-state index is 0.0572. The van der Waals surface area contributed by atoms with E-state index in [9.17, 15) is 4.79 Å². The topological polar surface area (TPSA) is 77.0 Å². The lowest BCUT2D eigenvalue weighted by Crippen LogP contribution is -2.33. The monoisotopic (exact) mass is 237 g/mol. The molecular formula is C11H19N5O. The van der Waals surface area contributed by atoms with E-state index in [0.29, 0.717) is 5.92 Å². The maximum atomic E-state index is 11.9. The number of nitrogen functional groups attached to an aromatic ring is 1. The van der Waals surface area contributed by atoms with Crippen molar-refractivity contribution in [1.82, 2.24) is 19.7 Å². The van der Waals surface area contributed by atoms with Gasteiger partial charge in [0.25, 0.3) is 0 Å². The molecule has 6 nitrogen and oxygen atoms in total. The summed E-state index contributed by atoms with van der Waals surface area (Å²) in [5, 5.41) is 3.90. The predicted molar refractivity (Wildman–Crippen MR) is 64.0 cm³/mol. The summed E-state index contributed by atoms with van der Waals surface area (Å²) < 4.78 is 1.48. The van der Waals surface area contributed by atoms with Gasteiger partial charge in [0.05, 0.1) is 0 Å². The summed E-state index contributed by atoms with van der Waals surface area (Å²) in [5.41, 5.74) is 5.39. The zero-order valence-electron chi connectivity index (χ0n) is 10.2. The Morgan fingerprint density at radius 2 is 2.29 bits per heavy atom. The van der Waals surface area contributed by atoms with E-state index < -0.39 is 0 Å². The highest BCUT2D eigenvalue weighted by Crippen LogP contribution is 2.25. The number of carbonyl (C=O) groups excluding carboxylic acids is 1. The molecule has 1 amide bonds. The first kappa shape index (κ1) is 11.9. The highest BCUT2D eigenvalue weighted by Gasteiger charge is 2.19. The van der Waals surface area contributed by atoms with Crippen molar-refractivity contribution in [1.29, 1.82) is 0 Å². The van der Waals surface area contributed by atoms with E-state index in [-0.39, 0.29) is 18.4 Å². The molecule has 1 aliphatic rings. The number of anilines is 1. The number of rotatable bonds is 4. The molecule has 0 unspecified atom stereocenters. The second-order valence-electron chi connectivity index (χ2n) is 4.73. The van der Waals surface area contributed by atoms with Gasteiger partial charge in [0.2, 0.25) is 11.9 Å². The number of likely N-dealkylation sites (N-methyl/N-ethyl adjacent to an activating group) is 1. The molecule has 6 heteroatoms. The van der Waals surface area contributed by atoms with Crippen molar-refractivity contribution in [2.45, 2.75) is 32.2 Å². The second-order valence-corrected chi connectivity index (χ2v) is 4.73. The third kappa shape index (κ3) is 3.18. The van der Waals surface area contributed by atoms with Crippen molar-refractivity contribution in [2.75, 3.05) is 19.3 Å². The summed E-state index contributed by atoms with van der Waals surface area (Å²) in [5.74, 6) is 0.933. The molecule has 0 spiro atoms. The van der Waals surface area contributed by atoms with Crippen LogP contribution in [0.25, 0.3) is 0 Å². The van der Waals surface area contributed by atoms with Crippen molar-refractivity contribution in [2.24, 2.45) is 5.92 Å². The lowest BCUT2D eigenvalue weighted by molar-refractivity contribution is -0.131. The molecule has 0 aromatic carbocycles. The quantitative estimate of drug-likeness (QED) is 0.827. The molecule has 1 aromatic rings. The van der Waals surface area contributed by atoms with Gasteiger partial charge in [-0.2, -0.15) is 0 Å². The molecule has 17 heavy (non-hydrogen) atoms. The molecule has 1 saturated carbocycles. The number of carbonyl (C=O) groups is 1. The van der Waals surface area contributed by atoms with Gasteiger partial charge >= 0.3 is 0 Å². The van der Waals surface area contributed by atoms with Crippen LogP contribution in [0.4, 0.5) is 5.95 Å². The van der Waals surface area contributed by atoms with E-state index >= 15 is 0 Å². The van der Waals surface area contributed by atoms with Gasteiger partial charge in [-0.05, 0) is 18.8 Å². The van der Waals surface area contributed by atoms with Crippen LogP contribution in [0.1, 0.15) is 25.7 Å². The SMILES string of the molecule is CN(CC1CCCC1)C(=O)Cn1cnc(N)n1. The Bertz CT molecular complexity index is 383. The Morgan fingerprint density at radius 3 is 2.88 bits per heavy atom. The Hall–Kier alpha value is -1.59. The van der Waals surface area contributed by atoms with Crippen LogP contribution in [0.3, 0.4) is 0 Å². The number of aromatic nitrogens is 3. The zero-order chi connectivity index (χ0) is 12.3. The largest absolute Gasteiger partial charge is 0.367 e. The summed E-state index contributed by atoms with van der Waals surface area (Å²) >= 11 is 0.